The Labute approximate surface area is 264 Å². The van der Waals surface area contributed by atoms with Crippen LogP contribution in [0.4, 0.5) is 4.39 Å². The molecule has 0 spiro atoms. The van der Waals surface area contributed by atoms with Crippen molar-refractivity contribution in [2.75, 3.05) is 32.8 Å². The predicted molar refractivity (Wildman–Crippen MR) is 169 cm³/mol. The van der Waals surface area contributed by atoms with Crippen LogP contribution in [0.3, 0.4) is 0 Å². The molecule has 3 aliphatic heterocycles. The summed E-state index contributed by atoms with van der Waals surface area (Å²) in [5, 5.41) is 3.06. The average Bonchev–Trinajstić information content (AvgIpc) is 3.47. The minimum Gasteiger partial charge on any atom is -0.457 e. The van der Waals surface area contributed by atoms with Crippen molar-refractivity contribution in [1.29, 1.82) is 0 Å². The van der Waals surface area contributed by atoms with Crippen molar-refractivity contribution in [1.82, 2.24) is 25.1 Å². The fourth-order valence-corrected chi connectivity index (χ4v) is 6.41. The summed E-state index contributed by atoms with van der Waals surface area (Å²) in [6.45, 7) is 8.35. The third-order valence-electron chi connectivity index (χ3n) is 9.10. The van der Waals surface area contributed by atoms with Gasteiger partial charge in [-0.15, -0.1) is 0 Å². The molecule has 10 heteroatoms. The van der Waals surface area contributed by atoms with Crippen LogP contribution in [-0.4, -0.2) is 76.5 Å². The predicted octanol–water partition coefficient (Wildman–Crippen LogP) is 5.69. The summed E-state index contributed by atoms with van der Waals surface area (Å²) in [7, 11) is 0. The minimum absolute atomic E-state index is 0.0228. The number of ether oxygens (including phenoxy) is 2. The number of amides is 2. The number of benzene rings is 2. The molecule has 0 aliphatic carbocycles. The highest BCUT2D eigenvalue weighted by atomic mass is 19.1. The first-order valence-corrected chi connectivity index (χ1v) is 16.2. The number of nitrogens with zero attached hydrogens (tertiary/aromatic N) is 4. The first-order valence-electron chi connectivity index (χ1n) is 16.2. The number of carbonyl (C=O) groups excluding carboxylic acids is 2. The number of likely N-dealkylation sites (tertiary alicyclic amines) is 2. The Morgan fingerprint density at radius 1 is 1.02 bits per heavy atom. The summed E-state index contributed by atoms with van der Waals surface area (Å²) in [6.07, 6.45) is 8.60. The van der Waals surface area contributed by atoms with Gasteiger partial charge in [-0.1, -0.05) is 26.0 Å². The SMILES string of the molecule is CC(C)c1ncc(-c2ccc(Oc3cc(C(=O)NC4CCN(C5CCOCC5)CC4)c(F)cc3CN3CCCC3=O)cc2)cn1. The van der Waals surface area contributed by atoms with E-state index < -0.39 is 11.7 Å². The molecule has 0 bridgehead atoms. The largest absolute Gasteiger partial charge is 0.457 e. The molecular weight excluding hydrogens is 573 g/mol. The number of hydrogen-bond donors (Lipinski definition) is 1. The van der Waals surface area contributed by atoms with E-state index in [1.54, 1.807) is 4.90 Å². The van der Waals surface area contributed by atoms with Crippen LogP contribution in [0.15, 0.2) is 48.8 Å². The highest BCUT2D eigenvalue weighted by Gasteiger charge is 2.29. The first-order chi connectivity index (χ1) is 21.8. The second-order valence-electron chi connectivity index (χ2n) is 12.6. The molecule has 6 rings (SSSR count). The van der Waals surface area contributed by atoms with Crippen LogP contribution in [0, 0.1) is 5.82 Å². The van der Waals surface area contributed by atoms with Crippen molar-refractivity contribution in [3.63, 3.8) is 0 Å². The minimum atomic E-state index is -0.624. The third-order valence-corrected chi connectivity index (χ3v) is 9.10. The number of carbonyl (C=O) groups is 2. The normalized spacial score (nSPS) is 18.5. The van der Waals surface area contributed by atoms with E-state index in [-0.39, 0.29) is 30.0 Å². The van der Waals surface area contributed by atoms with Gasteiger partial charge in [0.15, 0.2) is 0 Å². The molecule has 3 saturated heterocycles. The summed E-state index contributed by atoms with van der Waals surface area (Å²) in [4.78, 5) is 38.9. The fraction of sp³-hybridized carbons (Fsp3) is 0.486. The van der Waals surface area contributed by atoms with Crippen LogP contribution < -0.4 is 10.1 Å². The van der Waals surface area contributed by atoms with Gasteiger partial charge in [-0.05, 0) is 61.9 Å². The van der Waals surface area contributed by atoms with Gasteiger partial charge in [0.05, 0.1) is 5.56 Å². The molecule has 1 aromatic heterocycles. The van der Waals surface area contributed by atoms with Crippen molar-refractivity contribution in [3.05, 3.63) is 71.6 Å². The zero-order chi connectivity index (χ0) is 31.3. The van der Waals surface area contributed by atoms with E-state index >= 15 is 4.39 Å². The van der Waals surface area contributed by atoms with Crippen LogP contribution in [0.25, 0.3) is 11.1 Å². The second kappa shape index (κ2) is 14.0. The molecule has 0 radical (unpaired) electrons. The smallest absolute Gasteiger partial charge is 0.254 e. The molecule has 238 valence electrons. The van der Waals surface area contributed by atoms with Gasteiger partial charge in [0.2, 0.25) is 5.91 Å². The lowest BCUT2D eigenvalue weighted by molar-refractivity contribution is -0.128. The third kappa shape index (κ3) is 7.50. The number of halogens is 1. The second-order valence-corrected chi connectivity index (χ2v) is 12.6. The van der Waals surface area contributed by atoms with Crippen LogP contribution in [0.2, 0.25) is 0 Å². The standard InChI is InChI=1S/C35H42FN5O4/c1-23(2)34-37-20-26(21-38-34)24-5-7-29(8-6-24)45-32-19-30(31(36)18-25(32)22-41-13-3-4-33(41)42)35(43)39-27-9-14-40(15-10-27)28-11-16-44-17-12-28/h5-8,18-21,23,27-28H,3-4,9-17,22H2,1-2H3,(H,39,43). The lowest BCUT2D eigenvalue weighted by Gasteiger charge is -2.39. The molecule has 2 aromatic carbocycles. The van der Waals surface area contributed by atoms with E-state index in [1.807, 2.05) is 36.7 Å². The van der Waals surface area contributed by atoms with Crippen LogP contribution >= 0.6 is 0 Å². The molecule has 0 unspecified atom stereocenters. The van der Waals surface area contributed by atoms with Crippen LogP contribution in [0.1, 0.15) is 80.0 Å². The van der Waals surface area contributed by atoms with Crippen LogP contribution in [0.5, 0.6) is 11.5 Å². The first kappa shape index (κ1) is 31.1. The average molecular weight is 616 g/mol. The molecule has 4 heterocycles. The zero-order valence-electron chi connectivity index (χ0n) is 26.1. The number of hydrogen-bond acceptors (Lipinski definition) is 7. The van der Waals surface area contributed by atoms with Crippen molar-refractivity contribution in [2.24, 2.45) is 0 Å². The highest BCUT2D eigenvalue weighted by molar-refractivity contribution is 5.95. The summed E-state index contributed by atoms with van der Waals surface area (Å²) in [5.41, 5.74) is 2.28. The van der Waals surface area contributed by atoms with Crippen molar-refractivity contribution >= 4 is 11.8 Å². The molecule has 3 fully saturated rings. The Morgan fingerprint density at radius 2 is 1.73 bits per heavy atom. The van der Waals surface area contributed by atoms with E-state index in [4.69, 9.17) is 9.47 Å². The number of piperidine rings is 1. The number of nitrogens with one attached hydrogen (secondary N) is 1. The van der Waals surface area contributed by atoms with Gasteiger partial charge in [-0.25, -0.2) is 14.4 Å². The molecule has 45 heavy (non-hydrogen) atoms. The molecule has 9 nitrogen and oxygen atoms in total. The summed E-state index contributed by atoms with van der Waals surface area (Å²) < 4.78 is 27.3. The summed E-state index contributed by atoms with van der Waals surface area (Å²) in [5.74, 6) is 0.883. The molecule has 0 saturated carbocycles. The number of rotatable bonds is 9. The zero-order valence-corrected chi connectivity index (χ0v) is 26.1. The van der Waals surface area contributed by atoms with Gasteiger partial charge in [-0.3, -0.25) is 9.59 Å². The van der Waals surface area contributed by atoms with Crippen molar-refractivity contribution < 1.29 is 23.5 Å². The highest BCUT2D eigenvalue weighted by Crippen LogP contribution is 2.32. The molecule has 0 atom stereocenters. The van der Waals surface area contributed by atoms with Gasteiger partial charge in [0, 0.05) is 87.3 Å². The molecule has 3 aromatic rings. The molecule has 2 amide bonds. The maximum Gasteiger partial charge on any atom is 0.254 e. The van der Waals surface area contributed by atoms with Crippen LogP contribution in [-0.2, 0) is 16.1 Å². The van der Waals surface area contributed by atoms with Gasteiger partial charge in [-0.2, -0.15) is 0 Å². The Hall–Kier alpha value is -3.89. The van der Waals surface area contributed by atoms with E-state index in [0.717, 1.165) is 75.4 Å². The Bertz CT molecular complexity index is 1480. The Morgan fingerprint density at radius 3 is 2.38 bits per heavy atom. The molecule has 1 N–H and O–H groups in total. The Kier molecular flexibility index (Phi) is 9.70. The van der Waals surface area contributed by atoms with Gasteiger partial charge in [0.25, 0.3) is 5.91 Å². The summed E-state index contributed by atoms with van der Waals surface area (Å²) in [6, 6.07) is 10.8. The van der Waals surface area contributed by atoms with E-state index in [1.165, 1.54) is 12.1 Å². The van der Waals surface area contributed by atoms with Gasteiger partial charge in [0.1, 0.15) is 23.1 Å². The van der Waals surface area contributed by atoms with Crippen molar-refractivity contribution in [2.45, 2.75) is 76.9 Å². The molecule has 3 aliphatic rings. The lowest BCUT2D eigenvalue weighted by atomic mass is 9.99. The van der Waals surface area contributed by atoms with Gasteiger partial charge < -0.3 is 24.6 Å². The maximum atomic E-state index is 15.5. The van der Waals surface area contributed by atoms with Gasteiger partial charge >= 0.3 is 0 Å². The van der Waals surface area contributed by atoms with E-state index in [2.05, 4.69) is 34.0 Å². The van der Waals surface area contributed by atoms with E-state index in [9.17, 15) is 9.59 Å². The quantitative estimate of drug-likeness (QED) is 0.330. The topological polar surface area (TPSA) is 96.9 Å². The molecular formula is C35H42FN5O4. The number of aromatic nitrogens is 2. The monoisotopic (exact) mass is 615 g/mol. The fourth-order valence-electron chi connectivity index (χ4n) is 6.41. The lowest BCUT2D eigenvalue weighted by Crippen LogP contribution is -2.49. The Balaban J connectivity index is 1.17. The summed E-state index contributed by atoms with van der Waals surface area (Å²) >= 11 is 0. The van der Waals surface area contributed by atoms with Crippen molar-refractivity contribution in [3.8, 4) is 22.6 Å². The van der Waals surface area contributed by atoms with E-state index in [0.29, 0.717) is 36.1 Å². The maximum absolute atomic E-state index is 15.5.